The lowest BCUT2D eigenvalue weighted by Gasteiger charge is -2.11. The second kappa shape index (κ2) is 5.43. The molecule has 1 heterocycles. The van der Waals surface area contributed by atoms with Crippen LogP contribution in [0.15, 0.2) is 6.20 Å². The van der Waals surface area contributed by atoms with Crippen molar-refractivity contribution in [1.82, 2.24) is 20.3 Å². The van der Waals surface area contributed by atoms with Gasteiger partial charge in [0.15, 0.2) is 0 Å². The lowest BCUT2D eigenvalue weighted by Crippen LogP contribution is -2.15. The maximum absolute atomic E-state index is 4.19. The Kier molecular flexibility index (Phi) is 3.93. The fraction of sp³-hybridized carbons (Fsp3) is 0.833. The van der Waals surface area contributed by atoms with Crippen molar-refractivity contribution in [2.75, 3.05) is 13.6 Å². The van der Waals surface area contributed by atoms with Crippen LogP contribution in [0, 0.1) is 11.8 Å². The topological polar surface area (TPSA) is 42.7 Å². The van der Waals surface area contributed by atoms with E-state index in [1.54, 1.807) is 0 Å². The van der Waals surface area contributed by atoms with Crippen LogP contribution in [0.4, 0.5) is 0 Å². The van der Waals surface area contributed by atoms with Crippen LogP contribution in [0.3, 0.4) is 0 Å². The van der Waals surface area contributed by atoms with E-state index in [4.69, 9.17) is 0 Å². The Hall–Kier alpha value is -0.900. The van der Waals surface area contributed by atoms with Gasteiger partial charge in [0.25, 0.3) is 0 Å². The normalized spacial score (nSPS) is 17.6. The van der Waals surface area contributed by atoms with Crippen LogP contribution in [0.1, 0.15) is 31.9 Å². The Bertz CT molecular complexity index is 317. The first kappa shape index (κ1) is 11.6. The Morgan fingerprint density at radius 3 is 3.06 bits per heavy atom. The van der Waals surface area contributed by atoms with Crippen molar-refractivity contribution in [1.29, 1.82) is 0 Å². The van der Waals surface area contributed by atoms with Crippen LogP contribution in [-0.4, -0.2) is 28.6 Å². The second-order valence-corrected chi connectivity index (χ2v) is 4.93. The summed E-state index contributed by atoms with van der Waals surface area (Å²) in [6.07, 6.45) is 6.96. The Morgan fingerprint density at radius 1 is 1.56 bits per heavy atom. The zero-order valence-electron chi connectivity index (χ0n) is 10.3. The SMILES string of the molecule is CNCCCc1cnnn1CC(C)C1CC1. The highest BCUT2D eigenvalue weighted by Gasteiger charge is 2.28. The largest absolute Gasteiger partial charge is 0.320 e. The van der Waals surface area contributed by atoms with Crippen molar-refractivity contribution >= 4 is 0 Å². The molecule has 1 aromatic rings. The summed E-state index contributed by atoms with van der Waals surface area (Å²) in [5.41, 5.74) is 1.28. The average molecular weight is 222 g/mol. The van der Waals surface area contributed by atoms with Crippen LogP contribution < -0.4 is 5.32 Å². The van der Waals surface area contributed by atoms with Gasteiger partial charge in [0.1, 0.15) is 0 Å². The third-order valence-electron chi connectivity index (χ3n) is 3.45. The van der Waals surface area contributed by atoms with Gasteiger partial charge < -0.3 is 5.32 Å². The van der Waals surface area contributed by atoms with E-state index in [1.807, 2.05) is 13.2 Å². The number of nitrogens with zero attached hydrogens (tertiary/aromatic N) is 3. The highest BCUT2D eigenvalue weighted by Crippen LogP contribution is 2.37. The van der Waals surface area contributed by atoms with Crippen LogP contribution in [0.5, 0.6) is 0 Å². The minimum absolute atomic E-state index is 0.754. The van der Waals surface area contributed by atoms with Gasteiger partial charge in [-0.15, -0.1) is 5.10 Å². The van der Waals surface area contributed by atoms with Gasteiger partial charge in [-0.05, 0) is 51.1 Å². The van der Waals surface area contributed by atoms with Gasteiger partial charge in [-0.2, -0.15) is 0 Å². The summed E-state index contributed by atoms with van der Waals surface area (Å²) < 4.78 is 2.10. The summed E-state index contributed by atoms with van der Waals surface area (Å²) >= 11 is 0. The van der Waals surface area contributed by atoms with Gasteiger partial charge in [-0.25, -0.2) is 4.68 Å². The zero-order valence-corrected chi connectivity index (χ0v) is 10.3. The van der Waals surface area contributed by atoms with Crippen LogP contribution in [0.25, 0.3) is 0 Å². The highest BCUT2D eigenvalue weighted by atomic mass is 15.4. The highest BCUT2D eigenvalue weighted by molar-refractivity contribution is 4.95. The van der Waals surface area contributed by atoms with Gasteiger partial charge in [0, 0.05) is 6.54 Å². The van der Waals surface area contributed by atoms with Gasteiger partial charge >= 0.3 is 0 Å². The fourth-order valence-corrected chi connectivity index (χ4v) is 2.16. The average Bonchev–Trinajstić information content (AvgIpc) is 3.04. The fourth-order valence-electron chi connectivity index (χ4n) is 2.16. The van der Waals surface area contributed by atoms with Crippen LogP contribution >= 0.6 is 0 Å². The minimum Gasteiger partial charge on any atom is -0.320 e. The molecule has 1 fully saturated rings. The minimum atomic E-state index is 0.754. The molecule has 1 aliphatic carbocycles. The van der Waals surface area contributed by atoms with Gasteiger partial charge in [0.05, 0.1) is 11.9 Å². The first-order chi connectivity index (χ1) is 7.81. The third kappa shape index (κ3) is 3.04. The van der Waals surface area contributed by atoms with Crippen molar-refractivity contribution in [3.8, 4) is 0 Å². The Morgan fingerprint density at radius 2 is 2.38 bits per heavy atom. The molecule has 4 nitrogen and oxygen atoms in total. The van der Waals surface area contributed by atoms with Gasteiger partial charge in [-0.3, -0.25) is 0 Å². The van der Waals surface area contributed by atoms with Crippen molar-refractivity contribution in [3.05, 3.63) is 11.9 Å². The molecule has 90 valence electrons. The first-order valence-corrected chi connectivity index (χ1v) is 6.33. The lowest BCUT2D eigenvalue weighted by molar-refractivity contribution is 0.391. The zero-order chi connectivity index (χ0) is 11.4. The molecular weight excluding hydrogens is 200 g/mol. The predicted molar refractivity (Wildman–Crippen MR) is 64.2 cm³/mol. The molecule has 0 amide bonds. The van der Waals surface area contributed by atoms with Crippen LogP contribution in [0.2, 0.25) is 0 Å². The molecule has 4 heteroatoms. The molecule has 16 heavy (non-hydrogen) atoms. The summed E-state index contributed by atoms with van der Waals surface area (Å²) in [5.74, 6) is 1.69. The molecule has 1 aromatic heterocycles. The molecule has 1 aliphatic rings. The standard InChI is InChI=1S/C12H22N4/c1-10(11-5-6-11)9-16-12(8-14-15-16)4-3-7-13-2/h8,10-11,13H,3-7,9H2,1-2H3. The van der Waals surface area contributed by atoms with E-state index in [0.717, 1.165) is 37.8 Å². The molecule has 0 aliphatic heterocycles. The van der Waals surface area contributed by atoms with Crippen molar-refractivity contribution in [2.24, 2.45) is 11.8 Å². The molecule has 1 saturated carbocycles. The van der Waals surface area contributed by atoms with E-state index in [0.29, 0.717) is 0 Å². The molecule has 1 atom stereocenters. The van der Waals surface area contributed by atoms with Gasteiger partial charge in [-0.1, -0.05) is 12.1 Å². The monoisotopic (exact) mass is 222 g/mol. The van der Waals surface area contributed by atoms with E-state index in [-0.39, 0.29) is 0 Å². The Balaban J connectivity index is 1.85. The summed E-state index contributed by atoms with van der Waals surface area (Å²) in [6, 6.07) is 0. The summed E-state index contributed by atoms with van der Waals surface area (Å²) in [4.78, 5) is 0. The molecule has 0 spiro atoms. The predicted octanol–water partition coefficient (Wildman–Crippen LogP) is 1.48. The summed E-state index contributed by atoms with van der Waals surface area (Å²) in [7, 11) is 1.99. The molecule has 0 bridgehead atoms. The third-order valence-corrected chi connectivity index (χ3v) is 3.45. The summed E-state index contributed by atoms with van der Waals surface area (Å²) in [5, 5.41) is 11.4. The van der Waals surface area contributed by atoms with E-state index in [2.05, 4.69) is 27.2 Å². The Labute approximate surface area is 97.4 Å². The molecule has 1 N–H and O–H groups in total. The number of aromatic nitrogens is 3. The summed E-state index contributed by atoms with van der Waals surface area (Å²) in [6.45, 7) is 4.43. The quantitative estimate of drug-likeness (QED) is 0.711. The van der Waals surface area contributed by atoms with Crippen molar-refractivity contribution < 1.29 is 0 Å². The molecule has 0 saturated heterocycles. The molecule has 0 radical (unpaired) electrons. The maximum atomic E-state index is 4.19. The van der Waals surface area contributed by atoms with E-state index < -0.39 is 0 Å². The number of rotatable bonds is 7. The van der Waals surface area contributed by atoms with Gasteiger partial charge in [0.2, 0.25) is 0 Å². The smallest absolute Gasteiger partial charge is 0.0725 e. The maximum Gasteiger partial charge on any atom is 0.0725 e. The van der Waals surface area contributed by atoms with E-state index in [9.17, 15) is 0 Å². The number of hydrogen-bond donors (Lipinski definition) is 1. The molecule has 2 rings (SSSR count). The molecule has 0 aromatic carbocycles. The number of hydrogen-bond acceptors (Lipinski definition) is 3. The van der Waals surface area contributed by atoms with Crippen LogP contribution in [-0.2, 0) is 13.0 Å². The van der Waals surface area contributed by atoms with Crippen molar-refractivity contribution in [3.63, 3.8) is 0 Å². The van der Waals surface area contributed by atoms with E-state index >= 15 is 0 Å². The number of aryl methyl sites for hydroxylation is 1. The second-order valence-electron chi connectivity index (χ2n) is 4.93. The molecule has 1 unspecified atom stereocenters. The van der Waals surface area contributed by atoms with E-state index in [1.165, 1.54) is 18.5 Å². The molecular formula is C12H22N4. The first-order valence-electron chi connectivity index (χ1n) is 6.33. The lowest BCUT2D eigenvalue weighted by atomic mass is 10.1. The number of nitrogens with one attached hydrogen (secondary N) is 1. The van der Waals surface area contributed by atoms with Crippen molar-refractivity contribution in [2.45, 2.75) is 39.2 Å².